The Hall–Kier alpha value is -1.93. The van der Waals surface area contributed by atoms with Crippen LogP contribution in [0.1, 0.15) is 284 Å². The summed E-state index contributed by atoms with van der Waals surface area (Å²) < 4.78 is 17.4. The standard InChI is InChI=1S/C57H109NO7/c1-6-8-10-12-14-16-18-20-22-24-26-27-28-30-31-33-35-37-39-41-43-45-47-55(59)64-52-53(51-63-50-49-54(57(61)62)58(3,4)5)65-56(60)48-46-44-42-40-38-36-34-32-29-25-23-21-19-17-15-13-11-9-7-2/h21,23,53-54H,6-20,22,24-52H2,1-5H3/p+1/b23-21-. The van der Waals surface area contributed by atoms with Crippen molar-refractivity contribution in [1.82, 2.24) is 0 Å². The van der Waals surface area contributed by atoms with Crippen molar-refractivity contribution < 1.29 is 38.2 Å². The number of nitrogens with zero attached hydrogens (tertiary/aromatic N) is 1. The monoisotopic (exact) mass is 921 g/mol. The Balaban J connectivity index is 4.13. The molecular weight excluding hydrogens is 811 g/mol. The number of carboxylic acids is 1. The van der Waals surface area contributed by atoms with Crippen LogP contribution in [0, 0.1) is 0 Å². The van der Waals surface area contributed by atoms with Gasteiger partial charge in [0.2, 0.25) is 0 Å². The molecule has 0 aliphatic rings. The van der Waals surface area contributed by atoms with Crippen molar-refractivity contribution in [3.05, 3.63) is 12.2 Å². The molecule has 0 aliphatic carbocycles. The first-order valence-corrected chi connectivity index (χ1v) is 28.2. The van der Waals surface area contributed by atoms with E-state index >= 15 is 0 Å². The third-order valence-electron chi connectivity index (χ3n) is 13.2. The summed E-state index contributed by atoms with van der Waals surface area (Å²) in [6, 6.07) is -0.612. The number of unbranched alkanes of at least 4 members (excludes halogenated alkanes) is 36. The molecule has 0 rings (SSSR count). The fourth-order valence-corrected chi connectivity index (χ4v) is 8.80. The van der Waals surface area contributed by atoms with Crippen LogP contribution in [0.15, 0.2) is 12.2 Å². The van der Waals surface area contributed by atoms with Crippen molar-refractivity contribution in [3.8, 4) is 0 Å². The molecule has 0 bridgehead atoms. The van der Waals surface area contributed by atoms with Gasteiger partial charge < -0.3 is 23.8 Å². The molecule has 0 aliphatic heterocycles. The lowest BCUT2D eigenvalue weighted by Gasteiger charge is -2.31. The highest BCUT2D eigenvalue weighted by Gasteiger charge is 2.31. The average Bonchev–Trinajstić information content (AvgIpc) is 3.27. The summed E-state index contributed by atoms with van der Waals surface area (Å²) in [6.07, 6.45) is 55.5. The Kier molecular flexibility index (Phi) is 47.1. The number of esters is 2. The maximum Gasteiger partial charge on any atom is 0.362 e. The SMILES string of the molecule is CCCCCCCC/C=C\CCCCCCCCCCCC(=O)OC(COCCC(C(=O)O)[N+](C)(C)C)COC(=O)CCCCCCCCCCCCCCCCCCCCCCCC. The Morgan fingerprint density at radius 1 is 0.446 bits per heavy atom. The molecule has 0 aromatic carbocycles. The van der Waals surface area contributed by atoms with Crippen LogP contribution in [0.5, 0.6) is 0 Å². The highest BCUT2D eigenvalue weighted by atomic mass is 16.6. The van der Waals surface area contributed by atoms with E-state index in [9.17, 15) is 19.5 Å². The van der Waals surface area contributed by atoms with E-state index in [0.717, 1.165) is 38.5 Å². The number of hydrogen-bond donors (Lipinski definition) is 1. The fourth-order valence-electron chi connectivity index (χ4n) is 8.80. The van der Waals surface area contributed by atoms with E-state index in [1.54, 1.807) is 0 Å². The first-order chi connectivity index (χ1) is 31.6. The Labute approximate surface area is 403 Å². The highest BCUT2D eigenvalue weighted by molar-refractivity contribution is 5.72. The summed E-state index contributed by atoms with van der Waals surface area (Å²) in [7, 11) is 5.55. The number of allylic oxidation sites excluding steroid dienone is 2. The number of ether oxygens (including phenoxy) is 3. The van der Waals surface area contributed by atoms with Crippen molar-refractivity contribution in [3.63, 3.8) is 0 Å². The lowest BCUT2D eigenvalue weighted by molar-refractivity contribution is -0.887. The number of carbonyl (C=O) groups excluding carboxylic acids is 2. The van der Waals surface area contributed by atoms with Crippen LogP contribution < -0.4 is 0 Å². The van der Waals surface area contributed by atoms with E-state index in [1.165, 1.54) is 212 Å². The predicted octanol–water partition coefficient (Wildman–Crippen LogP) is 16.6. The van der Waals surface area contributed by atoms with Gasteiger partial charge in [-0.05, 0) is 38.5 Å². The summed E-state index contributed by atoms with van der Waals surface area (Å²) in [6.45, 7) is 4.79. The maximum atomic E-state index is 12.8. The second-order valence-corrected chi connectivity index (χ2v) is 20.6. The summed E-state index contributed by atoms with van der Waals surface area (Å²) in [5.41, 5.74) is 0. The van der Waals surface area contributed by atoms with Crippen LogP contribution in [0.2, 0.25) is 0 Å². The third kappa shape index (κ3) is 46.9. The van der Waals surface area contributed by atoms with Gasteiger partial charge in [0.25, 0.3) is 0 Å². The Morgan fingerprint density at radius 2 is 0.769 bits per heavy atom. The van der Waals surface area contributed by atoms with Gasteiger partial charge in [-0.3, -0.25) is 9.59 Å². The van der Waals surface area contributed by atoms with Crippen molar-refractivity contribution >= 4 is 17.9 Å². The van der Waals surface area contributed by atoms with Crippen LogP contribution in [-0.2, 0) is 28.6 Å². The van der Waals surface area contributed by atoms with Gasteiger partial charge in [-0.15, -0.1) is 0 Å². The van der Waals surface area contributed by atoms with Crippen LogP contribution in [0.4, 0.5) is 0 Å². The zero-order valence-corrected chi connectivity index (χ0v) is 44.0. The van der Waals surface area contributed by atoms with E-state index in [1.807, 2.05) is 21.1 Å². The lowest BCUT2D eigenvalue weighted by Crippen LogP contribution is -2.50. The minimum atomic E-state index is -0.870. The minimum absolute atomic E-state index is 0.0446. The second-order valence-electron chi connectivity index (χ2n) is 20.6. The van der Waals surface area contributed by atoms with Crippen LogP contribution in [0.25, 0.3) is 0 Å². The van der Waals surface area contributed by atoms with Gasteiger partial charge in [0, 0.05) is 19.3 Å². The summed E-state index contributed by atoms with van der Waals surface area (Å²) >= 11 is 0. The molecule has 2 unspecified atom stereocenters. The number of rotatable bonds is 52. The molecule has 0 fully saturated rings. The Morgan fingerprint density at radius 3 is 1.11 bits per heavy atom. The first-order valence-electron chi connectivity index (χ1n) is 28.2. The molecule has 0 aromatic rings. The van der Waals surface area contributed by atoms with Gasteiger partial charge in [0.05, 0.1) is 34.4 Å². The Bertz CT molecular complexity index is 1070. The molecule has 0 saturated heterocycles. The molecule has 0 radical (unpaired) electrons. The van der Waals surface area contributed by atoms with Crippen molar-refractivity contribution in [2.75, 3.05) is 41.0 Å². The van der Waals surface area contributed by atoms with E-state index < -0.39 is 18.1 Å². The smallest absolute Gasteiger partial charge is 0.362 e. The molecular formula is C57H110NO7+. The second kappa shape index (κ2) is 48.5. The summed E-state index contributed by atoms with van der Waals surface area (Å²) in [5.74, 6) is -1.44. The molecule has 0 spiro atoms. The van der Waals surface area contributed by atoms with Crippen LogP contribution in [0.3, 0.4) is 0 Å². The zero-order valence-electron chi connectivity index (χ0n) is 44.0. The number of carboxylic acid groups (broad SMARTS) is 1. The highest BCUT2D eigenvalue weighted by Crippen LogP contribution is 2.17. The largest absolute Gasteiger partial charge is 0.477 e. The molecule has 8 nitrogen and oxygen atoms in total. The fraction of sp³-hybridized carbons (Fsp3) is 0.912. The maximum absolute atomic E-state index is 12.8. The number of aliphatic carboxylic acids is 1. The van der Waals surface area contributed by atoms with Crippen LogP contribution >= 0.6 is 0 Å². The average molecular weight is 922 g/mol. The lowest BCUT2D eigenvalue weighted by atomic mass is 10.0. The quantitative estimate of drug-likeness (QED) is 0.0281. The van der Waals surface area contributed by atoms with Gasteiger partial charge in [-0.2, -0.15) is 0 Å². The van der Waals surface area contributed by atoms with E-state index in [0.29, 0.717) is 19.3 Å². The summed E-state index contributed by atoms with van der Waals surface area (Å²) in [5, 5.41) is 9.67. The first kappa shape index (κ1) is 63.1. The van der Waals surface area contributed by atoms with Crippen molar-refractivity contribution in [2.24, 2.45) is 0 Å². The van der Waals surface area contributed by atoms with Crippen molar-refractivity contribution in [2.45, 2.75) is 296 Å². The molecule has 0 aromatic heterocycles. The predicted molar refractivity (Wildman–Crippen MR) is 276 cm³/mol. The molecule has 2 atom stereocenters. The molecule has 0 heterocycles. The normalized spacial score (nSPS) is 12.8. The topological polar surface area (TPSA) is 99.1 Å². The number of hydrogen-bond acceptors (Lipinski definition) is 6. The molecule has 1 N–H and O–H groups in total. The van der Waals surface area contributed by atoms with Crippen LogP contribution in [-0.4, -0.2) is 80.6 Å². The minimum Gasteiger partial charge on any atom is -0.477 e. The van der Waals surface area contributed by atoms with Gasteiger partial charge in [0.15, 0.2) is 12.1 Å². The molecule has 0 amide bonds. The summed E-state index contributed by atoms with van der Waals surface area (Å²) in [4.78, 5) is 37.2. The molecule has 8 heteroatoms. The number of likely N-dealkylation sites (N-methyl/N-ethyl adjacent to an activating group) is 1. The number of quaternary nitrogens is 1. The molecule has 0 saturated carbocycles. The molecule has 384 valence electrons. The van der Waals surface area contributed by atoms with Gasteiger partial charge in [-0.25, -0.2) is 4.79 Å². The van der Waals surface area contributed by atoms with E-state index in [-0.39, 0.29) is 36.2 Å². The molecule has 65 heavy (non-hydrogen) atoms. The third-order valence-corrected chi connectivity index (χ3v) is 13.2. The van der Waals surface area contributed by atoms with E-state index in [4.69, 9.17) is 14.2 Å². The van der Waals surface area contributed by atoms with Gasteiger partial charge in [0.1, 0.15) is 6.61 Å². The van der Waals surface area contributed by atoms with E-state index in [2.05, 4.69) is 26.0 Å². The van der Waals surface area contributed by atoms with Gasteiger partial charge in [-0.1, -0.05) is 238 Å². The van der Waals surface area contributed by atoms with Gasteiger partial charge >= 0.3 is 17.9 Å². The number of carbonyl (C=O) groups is 3. The zero-order chi connectivity index (χ0) is 47.7. The van der Waals surface area contributed by atoms with Crippen molar-refractivity contribution in [1.29, 1.82) is 0 Å².